The number of hydrogen-bond acceptors (Lipinski definition) is 3. The summed E-state index contributed by atoms with van der Waals surface area (Å²) in [7, 11) is 1.94. The van der Waals surface area contributed by atoms with E-state index in [0.29, 0.717) is 5.96 Å². The van der Waals surface area contributed by atoms with Gasteiger partial charge in [0.1, 0.15) is 0 Å². The van der Waals surface area contributed by atoms with Crippen molar-refractivity contribution in [1.82, 2.24) is 20.5 Å². The molecule has 0 saturated carbocycles. The fourth-order valence-corrected chi connectivity index (χ4v) is 1.46. The quantitative estimate of drug-likeness (QED) is 0.217. The van der Waals surface area contributed by atoms with Crippen molar-refractivity contribution in [2.75, 3.05) is 13.1 Å². The number of nitrogens with two attached hydrogens (primary N) is 1. The van der Waals surface area contributed by atoms with Crippen LogP contribution in [0.1, 0.15) is 25.5 Å². The van der Waals surface area contributed by atoms with Crippen LogP contribution in [0.15, 0.2) is 17.3 Å². The maximum Gasteiger partial charge on any atom is 0.205 e. The number of hydrogen-bond donors (Lipinski definition) is 3. The van der Waals surface area contributed by atoms with Crippen LogP contribution in [0.25, 0.3) is 0 Å². The van der Waals surface area contributed by atoms with Gasteiger partial charge >= 0.3 is 0 Å². The SMILES string of the molecule is CCCCN=C(NN)NCCc1ccnn1C. The first-order valence-corrected chi connectivity index (χ1v) is 5.99. The molecule has 0 radical (unpaired) electrons. The lowest BCUT2D eigenvalue weighted by Gasteiger charge is -2.09. The van der Waals surface area contributed by atoms with E-state index >= 15 is 0 Å². The molecule has 0 aliphatic heterocycles. The van der Waals surface area contributed by atoms with E-state index in [9.17, 15) is 0 Å². The van der Waals surface area contributed by atoms with Gasteiger partial charge in [-0.1, -0.05) is 13.3 Å². The summed E-state index contributed by atoms with van der Waals surface area (Å²) in [4.78, 5) is 4.32. The Kier molecular flexibility index (Phi) is 6.09. The van der Waals surface area contributed by atoms with Crippen LogP contribution in [0, 0.1) is 0 Å². The van der Waals surface area contributed by atoms with Crippen molar-refractivity contribution >= 4 is 5.96 Å². The largest absolute Gasteiger partial charge is 0.355 e. The zero-order valence-electron chi connectivity index (χ0n) is 10.6. The molecular formula is C11H22N6. The van der Waals surface area contributed by atoms with Gasteiger partial charge in [-0.25, -0.2) is 5.84 Å². The number of nitrogens with zero attached hydrogens (tertiary/aromatic N) is 3. The molecule has 0 aliphatic rings. The average molecular weight is 238 g/mol. The van der Waals surface area contributed by atoms with E-state index in [0.717, 1.165) is 32.4 Å². The maximum absolute atomic E-state index is 5.38. The smallest absolute Gasteiger partial charge is 0.205 e. The molecule has 1 aromatic heterocycles. The predicted octanol–water partition coefficient (Wildman–Crippen LogP) is 0.172. The summed E-state index contributed by atoms with van der Waals surface area (Å²) >= 11 is 0. The fourth-order valence-electron chi connectivity index (χ4n) is 1.46. The highest BCUT2D eigenvalue weighted by molar-refractivity contribution is 5.79. The molecular weight excluding hydrogens is 216 g/mol. The molecule has 0 amide bonds. The summed E-state index contributed by atoms with van der Waals surface area (Å²) in [6.45, 7) is 3.73. The third kappa shape index (κ3) is 4.86. The molecule has 6 heteroatoms. The molecule has 0 bridgehead atoms. The minimum absolute atomic E-state index is 0.653. The summed E-state index contributed by atoms with van der Waals surface area (Å²) in [6, 6.07) is 2.01. The van der Waals surface area contributed by atoms with Crippen LogP contribution >= 0.6 is 0 Å². The van der Waals surface area contributed by atoms with Gasteiger partial charge in [0.25, 0.3) is 0 Å². The minimum atomic E-state index is 0.653. The highest BCUT2D eigenvalue weighted by Crippen LogP contribution is 1.95. The summed E-state index contributed by atoms with van der Waals surface area (Å²) in [5.41, 5.74) is 3.75. The van der Waals surface area contributed by atoms with Gasteiger partial charge in [-0.15, -0.1) is 0 Å². The van der Waals surface area contributed by atoms with Crippen LogP contribution in [0.5, 0.6) is 0 Å². The Morgan fingerprint density at radius 3 is 3.00 bits per heavy atom. The summed E-state index contributed by atoms with van der Waals surface area (Å²) in [5.74, 6) is 6.04. The highest BCUT2D eigenvalue weighted by Gasteiger charge is 1.99. The second-order valence-corrected chi connectivity index (χ2v) is 3.85. The van der Waals surface area contributed by atoms with Crippen molar-refractivity contribution in [1.29, 1.82) is 0 Å². The molecule has 4 N–H and O–H groups in total. The molecule has 1 heterocycles. The van der Waals surface area contributed by atoms with Crippen molar-refractivity contribution in [3.8, 4) is 0 Å². The molecule has 0 fully saturated rings. The Balaban J connectivity index is 2.28. The normalized spacial score (nSPS) is 11.6. The number of aliphatic imine (C=N–C) groups is 1. The topological polar surface area (TPSA) is 80.3 Å². The molecule has 6 nitrogen and oxygen atoms in total. The van der Waals surface area contributed by atoms with E-state index in [-0.39, 0.29) is 0 Å². The fraction of sp³-hybridized carbons (Fsp3) is 0.636. The monoisotopic (exact) mass is 238 g/mol. The Morgan fingerprint density at radius 1 is 1.59 bits per heavy atom. The van der Waals surface area contributed by atoms with Crippen molar-refractivity contribution in [2.45, 2.75) is 26.2 Å². The number of unbranched alkanes of at least 4 members (excludes halogenated alkanes) is 1. The van der Waals surface area contributed by atoms with Gasteiger partial charge in [-0.2, -0.15) is 5.10 Å². The molecule has 0 unspecified atom stereocenters. The van der Waals surface area contributed by atoms with Crippen molar-refractivity contribution in [3.63, 3.8) is 0 Å². The van der Waals surface area contributed by atoms with E-state index in [4.69, 9.17) is 5.84 Å². The molecule has 17 heavy (non-hydrogen) atoms. The van der Waals surface area contributed by atoms with Gasteiger partial charge in [-0.3, -0.25) is 15.1 Å². The first kappa shape index (κ1) is 13.5. The van der Waals surface area contributed by atoms with Gasteiger partial charge in [0, 0.05) is 38.4 Å². The van der Waals surface area contributed by atoms with Crippen LogP contribution in [-0.2, 0) is 13.5 Å². The second-order valence-electron chi connectivity index (χ2n) is 3.85. The number of aromatic nitrogens is 2. The molecule has 0 atom stereocenters. The summed E-state index contributed by atoms with van der Waals surface area (Å²) in [6.07, 6.45) is 4.91. The maximum atomic E-state index is 5.38. The lowest BCUT2D eigenvalue weighted by molar-refractivity contribution is 0.689. The number of guanidine groups is 1. The molecule has 0 aromatic carbocycles. The minimum Gasteiger partial charge on any atom is -0.355 e. The molecule has 0 aliphatic carbocycles. The Morgan fingerprint density at radius 2 is 2.41 bits per heavy atom. The van der Waals surface area contributed by atoms with E-state index in [1.54, 1.807) is 6.20 Å². The van der Waals surface area contributed by atoms with Gasteiger partial charge in [0.05, 0.1) is 0 Å². The third-order valence-corrected chi connectivity index (χ3v) is 2.51. The van der Waals surface area contributed by atoms with Gasteiger partial charge in [0.15, 0.2) is 0 Å². The molecule has 0 saturated heterocycles. The van der Waals surface area contributed by atoms with Crippen LogP contribution < -0.4 is 16.6 Å². The van der Waals surface area contributed by atoms with Gasteiger partial charge in [-0.05, 0) is 12.5 Å². The Labute approximate surface area is 102 Å². The van der Waals surface area contributed by atoms with Crippen LogP contribution in [0.4, 0.5) is 0 Å². The molecule has 96 valence electrons. The third-order valence-electron chi connectivity index (χ3n) is 2.51. The van der Waals surface area contributed by atoms with E-state index in [1.165, 1.54) is 5.69 Å². The number of aryl methyl sites for hydroxylation is 1. The summed E-state index contributed by atoms with van der Waals surface area (Å²) < 4.78 is 1.87. The van der Waals surface area contributed by atoms with Gasteiger partial charge < -0.3 is 5.32 Å². The van der Waals surface area contributed by atoms with E-state index < -0.39 is 0 Å². The van der Waals surface area contributed by atoms with Crippen LogP contribution in [0.2, 0.25) is 0 Å². The predicted molar refractivity (Wildman–Crippen MR) is 69.4 cm³/mol. The van der Waals surface area contributed by atoms with Gasteiger partial charge in [0.2, 0.25) is 5.96 Å². The summed E-state index contributed by atoms with van der Waals surface area (Å²) in [5, 5.41) is 7.28. The molecule has 1 aromatic rings. The first-order valence-electron chi connectivity index (χ1n) is 5.99. The van der Waals surface area contributed by atoms with E-state index in [1.807, 2.05) is 17.8 Å². The first-order chi connectivity index (χ1) is 8.27. The zero-order valence-corrected chi connectivity index (χ0v) is 10.6. The lowest BCUT2D eigenvalue weighted by atomic mass is 10.3. The standard InChI is InChI=1S/C11H22N6/c1-3-4-7-13-11(16-12)14-8-5-10-6-9-15-17(10)2/h6,9H,3-5,7-8,12H2,1-2H3,(H2,13,14,16). The van der Waals surface area contributed by atoms with Crippen LogP contribution in [0.3, 0.4) is 0 Å². The Hall–Kier alpha value is -1.56. The lowest BCUT2D eigenvalue weighted by Crippen LogP contribution is -2.42. The van der Waals surface area contributed by atoms with Crippen molar-refractivity contribution in [2.24, 2.45) is 17.9 Å². The van der Waals surface area contributed by atoms with Crippen molar-refractivity contribution in [3.05, 3.63) is 18.0 Å². The second kappa shape index (κ2) is 7.67. The number of rotatable bonds is 6. The van der Waals surface area contributed by atoms with Crippen LogP contribution in [-0.4, -0.2) is 28.8 Å². The van der Waals surface area contributed by atoms with Crippen molar-refractivity contribution < 1.29 is 0 Å². The molecule has 1 rings (SSSR count). The Bertz CT molecular complexity index is 343. The highest BCUT2D eigenvalue weighted by atomic mass is 15.3. The number of nitrogens with one attached hydrogen (secondary N) is 2. The number of hydrazine groups is 1. The zero-order chi connectivity index (χ0) is 12.5. The molecule has 0 spiro atoms. The average Bonchev–Trinajstić information content (AvgIpc) is 2.73. The van der Waals surface area contributed by atoms with E-state index in [2.05, 4.69) is 27.8 Å².